The van der Waals surface area contributed by atoms with Gasteiger partial charge in [0.15, 0.2) is 5.76 Å². The van der Waals surface area contributed by atoms with E-state index in [1.165, 1.54) is 11.2 Å². The van der Waals surface area contributed by atoms with Crippen LogP contribution in [-0.2, 0) is 4.79 Å². The van der Waals surface area contributed by atoms with Gasteiger partial charge >= 0.3 is 0 Å². The van der Waals surface area contributed by atoms with Gasteiger partial charge in [0.05, 0.1) is 37.0 Å². The Morgan fingerprint density at radius 3 is 2.61 bits per heavy atom. The zero-order valence-electron chi connectivity index (χ0n) is 12.1. The van der Waals surface area contributed by atoms with Crippen molar-refractivity contribution < 1.29 is 13.6 Å². The largest absolute Gasteiger partial charge is 0.459 e. The van der Waals surface area contributed by atoms with Crippen LogP contribution in [0.25, 0.3) is 11.7 Å². The topological polar surface area (TPSA) is 120 Å². The van der Waals surface area contributed by atoms with Gasteiger partial charge in [-0.15, -0.1) is 10.2 Å². The Balaban J connectivity index is 1.89. The molecule has 0 fully saturated rings. The maximum atomic E-state index is 12.1. The van der Waals surface area contributed by atoms with Crippen LogP contribution in [0.2, 0.25) is 0 Å². The minimum absolute atomic E-state index is 0.0939. The summed E-state index contributed by atoms with van der Waals surface area (Å²) < 4.78 is 10.5. The van der Waals surface area contributed by atoms with Crippen LogP contribution in [0, 0.1) is 22.7 Å². The maximum Gasteiger partial charge on any atom is 0.284 e. The first-order chi connectivity index (χ1) is 11.2. The number of hydrogen-bond acceptors (Lipinski definition) is 8. The fraction of sp³-hybridized carbons (Fsp3) is 0.357. The van der Waals surface area contributed by atoms with Crippen molar-refractivity contribution in [3.05, 3.63) is 18.4 Å². The van der Waals surface area contributed by atoms with E-state index in [1.54, 1.807) is 12.1 Å². The number of nitriles is 2. The van der Waals surface area contributed by atoms with E-state index in [4.69, 9.17) is 19.4 Å². The van der Waals surface area contributed by atoms with Crippen LogP contribution in [0.3, 0.4) is 0 Å². The number of carbonyl (C=O) groups is 1. The molecule has 0 unspecified atom stereocenters. The highest BCUT2D eigenvalue weighted by molar-refractivity contribution is 7.99. The van der Waals surface area contributed by atoms with E-state index < -0.39 is 0 Å². The van der Waals surface area contributed by atoms with E-state index in [1.807, 2.05) is 12.1 Å². The average molecular weight is 331 g/mol. The summed E-state index contributed by atoms with van der Waals surface area (Å²) in [6.45, 7) is 0.609. The zero-order chi connectivity index (χ0) is 16.5. The molecule has 0 atom stereocenters. The molecule has 2 heterocycles. The third kappa shape index (κ3) is 4.87. The molecule has 8 nitrogen and oxygen atoms in total. The van der Waals surface area contributed by atoms with E-state index in [0.717, 1.165) is 11.8 Å². The molecule has 2 rings (SSSR count). The van der Waals surface area contributed by atoms with Gasteiger partial charge in [-0.05, 0) is 12.1 Å². The fourth-order valence-electron chi connectivity index (χ4n) is 1.71. The summed E-state index contributed by atoms with van der Waals surface area (Å²) in [5.41, 5.74) is 0. The molecule has 0 N–H and O–H groups in total. The Morgan fingerprint density at radius 1 is 1.26 bits per heavy atom. The Hall–Kier alpha value is -2.78. The molecular formula is C14H13N5O3S. The van der Waals surface area contributed by atoms with Gasteiger partial charge in [-0.2, -0.15) is 10.5 Å². The third-order valence-electron chi connectivity index (χ3n) is 2.80. The predicted octanol–water partition coefficient (Wildman–Crippen LogP) is 2.08. The molecule has 0 radical (unpaired) electrons. The smallest absolute Gasteiger partial charge is 0.284 e. The van der Waals surface area contributed by atoms with Crippen molar-refractivity contribution >= 4 is 17.7 Å². The minimum atomic E-state index is -0.182. The monoisotopic (exact) mass is 331 g/mol. The lowest BCUT2D eigenvalue weighted by Gasteiger charge is -2.19. The fourth-order valence-corrected chi connectivity index (χ4v) is 2.38. The van der Waals surface area contributed by atoms with Gasteiger partial charge in [-0.25, -0.2) is 0 Å². The van der Waals surface area contributed by atoms with Crippen molar-refractivity contribution in [2.24, 2.45) is 0 Å². The van der Waals surface area contributed by atoms with E-state index in [2.05, 4.69) is 10.2 Å². The molecule has 0 bridgehead atoms. The number of amides is 1. The number of rotatable bonds is 8. The number of furan rings is 1. The lowest BCUT2D eigenvalue weighted by atomic mass is 10.3. The van der Waals surface area contributed by atoms with Gasteiger partial charge in [0.2, 0.25) is 5.91 Å². The van der Waals surface area contributed by atoms with Crippen molar-refractivity contribution in [2.45, 2.75) is 18.1 Å². The predicted molar refractivity (Wildman–Crippen MR) is 79.8 cm³/mol. The minimum Gasteiger partial charge on any atom is -0.459 e. The van der Waals surface area contributed by atoms with Crippen LogP contribution < -0.4 is 0 Å². The third-order valence-corrected chi connectivity index (χ3v) is 3.60. The van der Waals surface area contributed by atoms with E-state index in [9.17, 15) is 4.79 Å². The summed E-state index contributed by atoms with van der Waals surface area (Å²) in [7, 11) is 0. The second-order valence-corrected chi connectivity index (χ2v) is 5.26. The van der Waals surface area contributed by atoms with Crippen LogP contribution in [0.1, 0.15) is 12.8 Å². The van der Waals surface area contributed by atoms with E-state index >= 15 is 0 Å². The lowest BCUT2D eigenvalue weighted by molar-refractivity contribution is -0.128. The highest BCUT2D eigenvalue weighted by Gasteiger charge is 2.16. The number of aromatic nitrogens is 2. The molecule has 2 aromatic heterocycles. The molecule has 0 spiro atoms. The van der Waals surface area contributed by atoms with Crippen LogP contribution in [0.5, 0.6) is 0 Å². The molecule has 118 valence electrons. The highest BCUT2D eigenvalue weighted by atomic mass is 32.2. The Labute approximate surface area is 136 Å². The van der Waals surface area contributed by atoms with Crippen molar-refractivity contribution in [1.29, 1.82) is 10.5 Å². The first kappa shape index (κ1) is 16.6. The molecule has 0 aromatic carbocycles. The van der Waals surface area contributed by atoms with Crippen LogP contribution >= 0.6 is 11.8 Å². The summed E-state index contributed by atoms with van der Waals surface area (Å²) in [6.07, 6.45) is 1.95. The summed E-state index contributed by atoms with van der Waals surface area (Å²) in [6, 6.07) is 7.37. The molecule has 1 amide bonds. The molecule has 0 saturated carbocycles. The SMILES string of the molecule is N#CCCN(CCC#N)C(=O)CSc1nnc(-c2ccco2)o1. The summed E-state index contributed by atoms with van der Waals surface area (Å²) in [4.78, 5) is 13.6. The Morgan fingerprint density at radius 2 is 2.00 bits per heavy atom. The summed E-state index contributed by atoms with van der Waals surface area (Å²) in [5, 5.41) is 25.2. The van der Waals surface area contributed by atoms with Gasteiger partial charge in [0, 0.05) is 13.1 Å². The highest BCUT2D eigenvalue weighted by Crippen LogP contribution is 2.23. The molecule has 9 heteroatoms. The van der Waals surface area contributed by atoms with E-state index in [0.29, 0.717) is 18.8 Å². The molecule has 23 heavy (non-hydrogen) atoms. The molecule has 0 saturated heterocycles. The van der Waals surface area contributed by atoms with Gasteiger partial charge in [0.25, 0.3) is 11.1 Å². The van der Waals surface area contributed by atoms with Crippen molar-refractivity contribution in [3.8, 4) is 23.8 Å². The second kappa shape index (κ2) is 8.61. The van der Waals surface area contributed by atoms with Gasteiger partial charge in [-0.1, -0.05) is 11.8 Å². The van der Waals surface area contributed by atoms with Crippen LogP contribution in [-0.4, -0.2) is 39.8 Å². The summed E-state index contributed by atoms with van der Waals surface area (Å²) in [5.74, 6) is 0.616. The molecule has 0 aliphatic rings. The van der Waals surface area contributed by atoms with Crippen molar-refractivity contribution in [2.75, 3.05) is 18.8 Å². The number of nitrogens with zero attached hydrogens (tertiary/aromatic N) is 5. The van der Waals surface area contributed by atoms with Crippen molar-refractivity contribution in [1.82, 2.24) is 15.1 Å². The molecule has 2 aromatic rings. The number of hydrogen-bond donors (Lipinski definition) is 0. The second-order valence-electron chi connectivity index (χ2n) is 4.34. The number of thioether (sulfide) groups is 1. The quantitative estimate of drug-likeness (QED) is 0.674. The molecular weight excluding hydrogens is 318 g/mol. The lowest BCUT2D eigenvalue weighted by Crippen LogP contribution is -2.34. The van der Waals surface area contributed by atoms with E-state index in [-0.39, 0.29) is 35.6 Å². The maximum absolute atomic E-state index is 12.1. The average Bonchev–Trinajstić information content (AvgIpc) is 3.23. The standard InChI is InChI=1S/C14H13N5O3S/c15-5-2-7-19(8-3-6-16)12(20)10-23-14-18-17-13(22-14)11-4-1-9-21-11/h1,4,9H,2-3,7-8,10H2. The normalized spacial score (nSPS) is 10.0. The number of carbonyl (C=O) groups excluding carboxylic acids is 1. The molecule has 0 aliphatic heterocycles. The first-order valence-electron chi connectivity index (χ1n) is 6.76. The van der Waals surface area contributed by atoms with Crippen LogP contribution in [0.4, 0.5) is 0 Å². The first-order valence-corrected chi connectivity index (χ1v) is 7.75. The summed E-state index contributed by atoms with van der Waals surface area (Å²) >= 11 is 1.10. The van der Waals surface area contributed by atoms with Gasteiger partial charge in [0.1, 0.15) is 0 Å². The van der Waals surface area contributed by atoms with Gasteiger partial charge < -0.3 is 13.7 Å². The van der Waals surface area contributed by atoms with Gasteiger partial charge in [-0.3, -0.25) is 4.79 Å². The Bertz CT molecular complexity index is 696. The zero-order valence-corrected chi connectivity index (χ0v) is 13.0. The Kier molecular flexibility index (Phi) is 6.21. The molecule has 0 aliphatic carbocycles. The van der Waals surface area contributed by atoms with Crippen LogP contribution in [0.15, 0.2) is 32.5 Å². The van der Waals surface area contributed by atoms with Crippen molar-refractivity contribution in [3.63, 3.8) is 0 Å².